The van der Waals surface area contributed by atoms with Crippen molar-refractivity contribution in [1.29, 1.82) is 0 Å². The summed E-state index contributed by atoms with van der Waals surface area (Å²) in [5, 5.41) is 14.5. The fraction of sp³-hybridized carbons (Fsp3) is 0.192. The fourth-order valence-electron chi connectivity index (χ4n) is 4.17. The summed E-state index contributed by atoms with van der Waals surface area (Å²) in [6, 6.07) is 26.5. The highest BCUT2D eigenvalue weighted by molar-refractivity contribution is 9.10. The zero-order valence-corrected chi connectivity index (χ0v) is 20.8. The van der Waals surface area contributed by atoms with Crippen LogP contribution in [0.3, 0.4) is 0 Å². The molecular weight excluding hydrogens is 496 g/mol. The Hall–Kier alpha value is -2.90. The maximum atomic E-state index is 12.5. The Balaban J connectivity index is 1.68. The largest absolute Gasteiger partial charge is 0.292 e. The van der Waals surface area contributed by atoms with Crippen LogP contribution in [0.1, 0.15) is 30.9 Å². The number of anilines is 2. The molecule has 1 atom stereocenters. The predicted molar refractivity (Wildman–Crippen MR) is 141 cm³/mol. The van der Waals surface area contributed by atoms with E-state index in [1.54, 1.807) is 6.92 Å². The van der Waals surface area contributed by atoms with E-state index in [4.69, 9.17) is 10.2 Å². The molecule has 0 radical (unpaired) electrons. The number of hydrogen-bond acceptors (Lipinski definition) is 6. The van der Waals surface area contributed by atoms with E-state index >= 15 is 0 Å². The fourth-order valence-corrected chi connectivity index (χ4v) is 5.67. The summed E-state index contributed by atoms with van der Waals surface area (Å²) in [7, 11) is 0. The van der Waals surface area contributed by atoms with Gasteiger partial charge in [0.15, 0.2) is 10.8 Å². The summed E-state index contributed by atoms with van der Waals surface area (Å²) in [4.78, 5) is 11.8. The zero-order chi connectivity index (χ0) is 23.0. The topological polar surface area (TPSA) is 48.3 Å². The third-order valence-corrected chi connectivity index (χ3v) is 7.81. The average Bonchev–Trinajstić information content (AvgIpc) is 3.21. The van der Waals surface area contributed by atoms with Crippen molar-refractivity contribution in [2.24, 2.45) is 10.2 Å². The number of halogens is 1. The maximum Gasteiger partial charge on any atom is 0.208 e. The highest BCUT2D eigenvalue weighted by Gasteiger charge is 2.53. The van der Waals surface area contributed by atoms with E-state index in [0.29, 0.717) is 5.04 Å². The van der Waals surface area contributed by atoms with E-state index in [9.17, 15) is 4.79 Å². The van der Waals surface area contributed by atoms with Gasteiger partial charge in [-0.3, -0.25) is 4.79 Å². The van der Waals surface area contributed by atoms with Gasteiger partial charge in [0.1, 0.15) is 0 Å². The summed E-state index contributed by atoms with van der Waals surface area (Å²) in [6.07, 6.45) is 1.51. The number of benzene rings is 3. The Kier molecular flexibility index (Phi) is 5.85. The van der Waals surface area contributed by atoms with Gasteiger partial charge in [-0.1, -0.05) is 64.5 Å². The number of para-hydroxylation sites is 2. The molecule has 5 nitrogen and oxygen atoms in total. The highest BCUT2D eigenvalue weighted by atomic mass is 79.9. The van der Waals surface area contributed by atoms with Gasteiger partial charge in [0, 0.05) is 17.8 Å². The number of hydrogen-bond donors (Lipinski definition) is 0. The number of thioether (sulfide) groups is 1. The molecule has 0 N–H and O–H groups in total. The van der Waals surface area contributed by atoms with Crippen molar-refractivity contribution in [1.82, 2.24) is 0 Å². The molecule has 2 aliphatic heterocycles. The van der Waals surface area contributed by atoms with Gasteiger partial charge in [0.05, 0.1) is 17.1 Å². The quantitative estimate of drug-likeness (QED) is 0.391. The number of carbonyl (C=O) groups is 1. The smallest absolute Gasteiger partial charge is 0.208 e. The zero-order valence-electron chi connectivity index (χ0n) is 18.4. The van der Waals surface area contributed by atoms with Gasteiger partial charge in [0.25, 0.3) is 0 Å². The molecule has 0 aliphatic carbocycles. The molecule has 7 heteroatoms. The van der Waals surface area contributed by atoms with E-state index in [1.165, 1.54) is 11.8 Å². The lowest BCUT2D eigenvalue weighted by Gasteiger charge is -2.46. The molecule has 5 rings (SSSR count). The van der Waals surface area contributed by atoms with Crippen molar-refractivity contribution in [3.05, 3.63) is 94.5 Å². The highest BCUT2D eigenvalue weighted by Crippen LogP contribution is 2.50. The Morgan fingerprint density at radius 3 is 2.33 bits per heavy atom. The molecule has 1 spiro atoms. The first-order chi connectivity index (χ1) is 16.0. The number of nitrogens with zero attached hydrogens (tertiary/aromatic N) is 4. The van der Waals surface area contributed by atoms with E-state index in [2.05, 4.69) is 59.3 Å². The molecule has 0 saturated carbocycles. The van der Waals surface area contributed by atoms with Crippen LogP contribution in [0.25, 0.3) is 0 Å². The second-order valence-electron chi connectivity index (χ2n) is 8.11. The van der Waals surface area contributed by atoms with Gasteiger partial charge in [-0.15, -0.1) is 0 Å². The minimum Gasteiger partial charge on any atom is -0.292 e. The molecule has 1 unspecified atom stereocenters. The molecule has 3 aromatic rings. The minimum atomic E-state index is -0.673. The van der Waals surface area contributed by atoms with Crippen LogP contribution in [0.4, 0.5) is 11.4 Å². The van der Waals surface area contributed by atoms with E-state index in [1.807, 2.05) is 52.5 Å². The van der Waals surface area contributed by atoms with Crippen molar-refractivity contribution in [3.8, 4) is 0 Å². The maximum absolute atomic E-state index is 12.5. The third kappa shape index (κ3) is 4.00. The molecule has 33 heavy (non-hydrogen) atoms. The van der Waals surface area contributed by atoms with Gasteiger partial charge < -0.3 is 0 Å². The first-order valence-corrected chi connectivity index (χ1v) is 12.4. The lowest BCUT2D eigenvalue weighted by Crippen LogP contribution is -2.56. The monoisotopic (exact) mass is 518 g/mol. The van der Waals surface area contributed by atoms with E-state index < -0.39 is 4.99 Å². The first kappa shape index (κ1) is 21.9. The van der Waals surface area contributed by atoms with E-state index in [-0.39, 0.29) is 5.78 Å². The molecule has 0 bridgehead atoms. The summed E-state index contributed by atoms with van der Waals surface area (Å²) in [6.45, 7) is 3.65. The molecule has 0 amide bonds. The molecular formula is C26H23BrN4OS. The Morgan fingerprint density at radius 2 is 1.64 bits per heavy atom. The number of Topliss-reactive ketones (excluding diaryl/α,β-unsaturated/α-hetero) is 1. The number of ketones is 1. The van der Waals surface area contributed by atoms with Gasteiger partial charge in [-0.2, -0.15) is 10.2 Å². The van der Waals surface area contributed by atoms with Crippen LogP contribution in [0, 0.1) is 6.92 Å². The molecule has 2 heterocycles. The summed E-state index contributed by atoms with van der Waals surface area (Å²) >= 11 is 5.01. The van der Waals surface area contributed by atoms with Gasteiger partial charge in [-0.25, -0.2) is 10.0 Å². The second kappa shape index (κ2) is 8.80. The minimum absolute atomic E-state index is 0.0360. The van der Waals surface area contributed by atoms with Crippen LogP contribution >= 0.6 is 27.7 Å². The molecule has 0 saturated heterocycles. The van der Waals surface area contributed by atoms with Crippen LogP contribution in [0.5, 0.6) is 0 Å². The Morgan fingerprint density at radius 1 is 0.939 bits per heavy atom. The van der Waals surface area contributed by atoms with Crippen LogP contribution < -0.4 is 10.0 Å². The third-order valence-electron chi connectivity index (χ3n) is 5.84. The standard InChI is InChI=1S/C26H23BrN4OS/c1-18-8-6-7-11-24(18)31-26(33-25(29-31)19(2)32)17-16-23(20-12-14-21(27)15-13-20)28-30(26)22-9-4-3-5-10-22/h3-15H,16-17H2,1-2H3. The molecule has 2 aliphatic rings. The van der Waals surface area contributed by atoms with Crippen LogP contribution in [0.2, 0.25) is 0 Å². The first-order valence-electron chi connectivity index (χ1n) is 10.8. The predicted octanol–water partition coefficient (Wildman–Crippen LogP) is 6.57. The second-order valence-corrected chi connectivity index (χ2v) is 10.3. The van der Waals surface area contributed by atoms with Gasteiger partial charge >= 0.3 is 0 Å². The summed E-state index contributed by atoms with van der Waals surface area (Å²) in [5.41, 5.74) is 5.13. The van der Waals surface area contributed by atoms with Crippen molar-refractivity contribution < 1.29 is 4.79 Å². The number of carbonyl (C=O) groups excluding carboxylic acids is 1. The van der Waals surface area contributed by atoms with Crippen LogP contribution in [-0.2, 0) is 4.79 Å². The Labute approximate surface area is 206 Å². The molecule has 166 valence electrons. The van der Waals surface area contributed by atoms with Crippen LogP contribution in [0.15, 0.2) is 93.5 Å². The van der Waals surface area contributed by atoms with E-state index in [0.717, 1.165) is 45.5 Å². The van der Waals surface area contributed by atoms with Gasteiger partial charge in [0.2, 0.25) is 4.99 Å². The molecule has 0 aromatic heterocycles. The lowest BCUT2D eigenvalue weighted by molar-refractivity contribution is -0.110. The number of aryl methyl sites for hydroxylation is 1. The molecule has 0 fully saturated rings. The molecule has 3 aromatic carbocycles. The summed E-state index contributed by atoms with van der Waals surface area (Å²) in [5.74, 6) is -0.0360. The van der Waals surface area contributed by atoms with Gasteiger partial charge in [-0.05, 0) is 66.6 Å². The average molecular weight is 519 g/mol. The van der Waals surface area contributed by atoms with Crippen molar-refractivity contribution in [3.63, 3.8) is 0 Å². The Bertz CT molecular complexity index is 1260. The van der Waals surface area contributed by atoms with Crippen molar-refractivity contribution >= 4 is 55.6 Å². The lowest BCUT2D eigenvalue weighted by atomic mass is 10.0. The van der Waals surface area contributed by atoms with Crippen molar-refractivity contribution in [2.75, 3.05) is 10.0 Å². The van der Waals surface area contributed by atoms with Crippen molar-refractivity contribution in [2.45, 2.75) is 31.7 Å². The SMILES string of the molecule is CC(=O)C1=NN(c2ccccc2C)C2(CCC(c3ccc(Br)cc3)=NN2c2ccccc2)S1. The van der Waals surface area contributed by atoms with Crippen LogP contribution in [-0.4, -0.2) is 21.5 Å². The number of hydrazone groups is 2. The number of rotatable bonds is 4. The summed E-state index contributed by atoms with van der Waals surface area (Å²) < 4.78 is 1.04. The normalized spacial score (nSPS) is 20.1.